The second kappa shape index (κ2) is 8.15. The van der Waals surface area contributed by atoms with Crippen LogP contribution < -0.4 is 0 Å². The number of rotatable bonds is 4. The molecule has 0 aromatic heterocycles. The van der Waals surface area contributed by atoms with Gasteiger partial charge in [-0.05, 0) is 28.8 Å². The Morgan fingerprint density at radius 3 is 2.69 bits per heavy atom. The number of likely N-dealkylation sites (N-methyl/N-ethyl adjacent to an activating group) is 1. The molecule has 3 rings (SSSR count). The van der Waals surface area contributed by atoms with Crippen LogP contribution in [0.25, 0.3) is 5.57 Å². The molecule has 1 aliphatic heterocycles. The van der Waals surface area contributed by atoms with Crippen LogP contribution in [0.2, 0.25) is 0 Å². The van der Waals surface area contributed by atoms with Crippen LogP contribution >= 0.6 is 0 Å². The standard InChI is InChI=1S/C21H23FN2O2/c1-23(10-11-25)21(26)24-14-18(16-6-3-2-4-7-16)12-19(15-24)17-8-5-9-20(22)13-17/h2-9,12-13,18,25H,10-11,14-15H2,1H3. The number of carbonyl (C=O) groups is 1. The maximum atomic E-state index is 13.7. The summed E-state index contributed by atoms with van der Waals surface area (Å²) in [4.78, 5) is 16.0. The molecule has 136 valence electrons. The van der Waals surface area contributed by atoms with E-state index in [2.05, 4.69) is 6.08 Å². The fourth-order valence-corrected chi connectivity index (χ4v) is 3.27. The van der Waals surface area contributed by atoms with Crippen LogP contribution in [0, 0.1) is 5.82 Å². The van der Waals surface area contributed by atoms with Crippen LogP contribution in [0.4, 0.5) is 9.18 Å². The van der Waals surface area contributed by atoms with E-state index in [9.17, 15) is 9.18 Å². The number of urea groups is 1. The molecule has 1 atom stereocenters. The van der Waals surface area contributed by atoms with Gasteiger partial charge in [0.2, 0.25) is 0 Å². The van der Waals surface area contributed by atoms with Gasteiger partial charge >= 0.3 is 6.03 Å². The van der Waals surface area contributed by atoms with Gasteiger partial charge in [0.1, 0.15) is 5.82 Å². The summed E-state index contributed by atoms with van der Waals surface area (Å²) < 4.78 is 13.7. The topological polar surface area (TPSA) is 43.8 Å². The Balaban J connectivity index is 1.94. The highest BCUT2D eigenvalue weighted by atomic mass is 19.1. The normalized spacial score (nSPS) is 17.0. The van der Waals surface area contributed by atoms with Gasteiger partial charge in [0.25, 0.3) is 0 Å². The fraction of sp³-hybridized carbons (Fsp3) is 0.286. The van der Waals surface area contributed by atoms with Gasteiger partial charge in [0.05, 0.1) is 6.61 Å². The van der Waals surface area contributed by atoms with Gasteiger partial charge in [-0.3, -0.25) is 0 Å². The number of aliphatic hydroxyl groups excluding tert-OH is 1. The zero-order valence-corrected chi connectivity index (χ0v) is 14.8. The summed E-state index contributed by atoms with van der Waals surface area (Å²) in [6.45, 7) is 1.17. The van der Waals surface area contributed by atoms with Gasteiger partial charge in [0, 0.05) is 32.6 Å². The molecule has 1 unspecified atom stereocenters. The Morgan fingerprint density at radius 1 is 1.23 bits per heavy atom. The van der Waals surface area contributed by atoms with Crippen LogP contribution in [-0.2, 0) is 0 Å². The molecule has 5 heteroatoms. The fourth-order valence-electron chi connectivity index (χ4n) is 3.27. The van der Waals surface area contributed by atoms with Crippen molar-refractivity contribution in [2.24, 2.45) is 0 Å². The smallest absolute Gasteiger partial charge is 0.320 e. The molecule has 0 bridgehead atoms. The highest BCUT2D eigenvalue weighted by Gasteiger charge is 2.27. The summed E-state index contributed by atoms with van der Waals surface area (Å²) in [5.41, 5.74) is 2.83. The van der Waals surface area contributed by atoms with E-state index in [-0.39, 0.29) is 30.9 Å². The second-order valence-electron chi connectivity index (χ2n) is 6.53. The molecule has 2 aromatic carbocycles. The Bertz CT molecular complexity index is 792. The third-order valence-electron chi connectivity index (χ3n) is 4.64. The van der Waals surface area contributed by atoms with Crippen molar-refractivity contribution in [2.75, 3.05) is 33.3 Å². The van der Waals surface area contributed by atoms with E-state index in [1.807, 2.05) is 36.4 Å². The van der Waals surface area contributed by atoms with E-state index < -0.39 is 0 Å². The summed E-state index contributed by atoms with van der Waals surface area (Å²) in [7, 11) is 1.68. The molecule has 0 spiro atoms. The minimum Gasteiger partial charge on any atom is -0.395 e. The van der Waals surface area contributed by atoms with Crippen molar-refractivity contribution in [3.8, 4) is 0 Å². The van der Waals surface area contributed by atoms with Crippen molar-refractivity contribution in [3.63, 3.8) is 0 Å². The van der Waals surface area contributed by atoms with Gasteiger partial charge in [-0.15, -0.1) is 0 Å². The third kappa shape index (κ3) is 4.11. The SMILES string of the molecule is CN(CCO)C(=O)N1CC(c2cccc(F)c2)=CC(c2ccccc2)C1. The highest BCUT2D eigenvalue weighted by Crippen LogP contribution is 2.30. The maximum Gasteiger partial charge on any atom is 0.320 e. The molecule has 0 saturated carbocycles. The summed E-state index contributed by atoms with van der Waals surface area (Å²) in [6, 6.07) is 16.3. The summed E-state index contributed by atoms with van der Waals surface area (Å²) in [6.07, 6.45) is 2.12. The Labute approximate surface area is 153 Å². The van der Waals surface area contributed by atoms with Gasteiger partial charge < -0.3 is 14.9 Å². The van der Waals surface area contributed by atoms with E-state index in [0.29, 0.717) is 13.1 Å². The van der Waals surface area contributed by atoms with Crippen molar-refractivity contribution >= 4 is 11.6 Å². The van der Waals surface area contributed by atoms with Gasteiger partial charge in [-0.1, -0.05) is 48.5 Å². The molecule has 1 aliphatic rings. The molecule has 0 fully saturated rings. The van der Waals surface area contributed by atoms with Crippen LogP contribution in [0.15, 0.2) is 60.7 Å². The lowest BCUT2D eigenvalue weighted by atomic mass is 9.90. The van der Waals surface area contributed by atoms with Crippen LogP contribution in [0.5, 0.6) is 0 Å². The Morgan fingerprint density at radius 2 is 2.00 bits per heavy atom. The first-order chi connectivity index (χ1) is 12.6. The summed E-state index contributed by atoms with van der Waals surface area (Å²) >= 11 is 0. The number of amides is 2. The van der Waals surface area contributed by atoms with Crippen LogP contribution in [0.1, 0.15) is 17.0 Å². The molecule has 2 aromatic rings. The molecule has 4 nitrogen and oxygen atoms in total. The number of halogens is 1. The van der Waals surface area contributed by atoms with E-state index in [1.165, 1.54) is 17.0 Å². The van der Waals surface area contributed by atoms with E-state index in [4.69, 9.17) is 5.11 Å². The Kier molecular flexibility index (Phi) is 5.68. The number of hydrogen-bond acceptors (Lipinski definition) is 2. The average molecular weight is 354 g/mol. The molecule has 0 radical (unpaired) electrons. The summed E-state index contributed by atoms with van der Waals surface area (Å²) in [5, 5.41) is 9.11. The Hall–Kier alpha value is -2.66. The minimum atomic E-state index is -0.291. The molecule has 1 heterocycles. The average Bonchev–Trinajstić information content (AvgIpc) is 2.68. The number of benzene rings is 2. The monoisotopic (exact) mass is 354 g/mol. The van der Waals surface area contributed by atoms with Gasteiger partial charge in [-0.2, -0.15) is 0 Å². The molecule has 0 saturated heterocycles. The minimum absolute atomic E-state index is 0.0368. The number of carbonyl (C=O) groups excluding carboxylic acids is 1. The first-order valence-corrected chi connectivity index (χ1v) is 8.71. The van der Waals surface area contributed by atoms with Crippen LogP contribution in [0.3, 0.4) is 0 Å². The van der Waals surface area contributed by atoms with E-state index in [0.717, 1.165) is 16.7 Å². The number of nitrogens with zero attached hydrogens (tertiary/aromatic N) is 2. The van der Waals surface area contributed by atoms with Crippen molar-refractivity contribution in [2.45, 2.75) is 5.92 Å². The zero-order valence-electron chi connectivity index (χ0n) is 14.8. The van der Waals surface area contributed by atoms with Gasteiger partial charge in [0.15, 0.2) is 0 Å². The number of hydrogen-bond donors (Lipinski definition) is 1. The van der Waals surface area contributed by atoms with E-state index >= 15 is 0 Å². The maximum absolute atomic E-state index is 13.7. The summed E-state index contributed by atoms with van der Waals surface area (Å²) in [5.74, 6) is -0.254. The second-order valence-corrected chi connectivity index (χ2v) is 6.53. The predicted octanol–water partition coefficient (Wildman–Crippen LogP) is 3.35. The molecular weight excluding hydrogens is 331 g/mol. The highest BCUT2D eigenvalue weighted by molar-refractivity contribution is 5.79. The molecule has 0 aliphatic carbocycles. The molecule has 1 N–H and O–H groups in total. The third-order valence-corrected chi connectivity index (χ3v) is 4.64. The van der Waals surface area contributed by atoms with Crippen molar-refractivity contribution in [1.82, 2.24) is 9.80 Å². The van der Waals surface area contributed by atoms with Crippen LogP contribution in [-0.4, -0.2) is 54.2 Å². The van der Waals surface area contributed by atoms with E-state index in [1.54, 1.807) is 18.0 Å². The predicted molar refractivity (Wildman–Crippen MR) is 100 cm³/mol. The molecule has 26 heavy (non-hydrogen) atoms. The molecule has 2 amide bonds. The lowest BCUT2D eigenvalue weighted by molar-refractivity contribution is 0.154. The first-order valence-electron chi connectivity index (χ1n) is 8.71. The quantitative estimate of drug-likeness (QED) is 0.915. The lowest BCUT2D eigenvalue weighted by Gasteiger charge is -2.35. The van der Waals surface area contributed by atoms with Crippen molar-refractivity contribution < 1.29 is 14.3 Å². The zero-order chi connectivity index (χ0) is 18.5. The van der Waals surface area contributed by atoms with Gasteiger partial charge in [-0.25, -0.2) is 9.18 Å². The van der Waals surface area contributed by atoms with Crippen molar-refractivity contribution in [3.05, 3.63) is 77.6 Å². The van der Waals surface area contributed by atoms with Crippen molar-refractivity contribution in [1.29, 1.82) is 0 Å². The largest absolute Gasteiger partial charge is 0.395 e. The molecular formula is C21H23FN2O2. The lowest BCUT2D eigenvalue weighted by Crippen LogP contribution is -2.46. The number of aliphatic hydroxyl groups is 1. The first kappa shape index (κ1) is 18.1.